The number of hydrogen-bond acceptors (Lipinski definition) is 4. The molecule has 0 spiro atoms. The Balaban J connectivity index is 2.35. The molecule has 2 rings (SSSR count). The summed E-state index contributed by atoms with van der Waals surface area (Å²) < 4.78 is 13.3. The van der Waals surface area contributed by atoms with Crippen LogP contribution in [-0.2, 0) is 5.41 Å². The Labute approximate surface area is 124 Å². The van der Waals surface area contributed by atoms with Crippen molar-refractivity contribution in [2.24, 2.45) is 0 Å². The Morgan fingerprint density at radius 2 is 1.81 bits per heavy atom. The van der Waals surface area contributed by atoms with Crippen molar-refractivity contribution in [3.05, 3.63) is 42.0 Å². The summed E-state index contributed by atoms with van der Waals surface area (Å²) in [4.78, 5) is 9.04. The zero-order valence-electron chi connectivity index (χ0n) is 12.9. The molecule has 0 radical (unpaired) electrons. The van der Waals surface area contributed by atoms with Gasteiger partial charge in [0.2, 0.25) is 0 Å². The Kier molecular flexibility index (Phi) is 4.40. The molecule has 1 aromatic carbocycles. The van der Waals surface area contributed by atoms with Gasteiger partial charge in [0.25, 0.3) is 0 Å². The third kappa shape index (κ3) is 4.15. The first-order valence-corrected chi connectivity index (χ1v) is 7.04. The number of anilines is 3. The molecule has 0 bridgehead atoms. The predicted octanol–water partition coefficient (Wildman–Crippen LogP) is 4.09. The first-order valence-electron chi connectivity index (χ1n) is 7.04. The maximum absolute atomic E-state index is 13.3. The fourth-order valence-corrected chi connectivity index (χ4v) is 1.83. The summed E-state index contributed by atoms with van der Waals surface area (Å²) in [7, 11) is 0. The molecule has 0 unspecified atom stereocenters. The Morgan fingerprint density at radius 1 is 1.10 bits per heavy atom. The predicted molar refractivity (Wildman–Crippen MR) is 84.6 cm³/mol. The number of nitrogens with zero attached hydrogens (tertiary/aromatic N) is 2. The molecule has 0 fully saturated rings. The second-order valence-electron chi connectivity index (χ2n) is 5.88. The van der Waals surface area contributed by atoms with Crippen molar-refractivity contribution in [2.45, 2.75) is 33.1 Å². The van der Waals surface area contributed by atoms with Crippen molar-refractivity contribution in [1.82, 2.24) is 9.97 Å². The Hall–Kier alpha value is -2.17. The molecule has 21 heavy (non-hydrogen) atoms. The van der Waals surface area contributed by atoms with E-state index in [0.717, 1.165) is 18.2 Å². The Morgan fingerprint density at radius 3 is 2.43 bits per heavy atom. The number of benzene rings is 1. The van der Waals surface area contributed by atoms with E-state index in [2.05, 4.69) is 41.4 Å². The fraction of sp³-hybridized carbons (Fsp3) is 0.375. The summed E-state index contributed by atoms with van der Waals surface area (Å²) in [6, 6.07) is 8.13. The van der Waals surface area contributed by atoms with Crippen LogP contribution in [0.25, 0.3) is 0 Å². The second-order valence-corrected chi connectivity index (χ2v) is 5.88. The molecule has 0 aliphatic heterocycles. The highest BCUT2D eigenvalue weighted by Crippen LogP contribution is 2.24. The average molecular weight is 288 g/mol. The lowest BCUT2D eigenvalue weighted by molar-refractivity contribution is 0.547. The van der Waals surface area contributed by atoms with Crippen LogP contribution < -0.4 is 10.6 Å². The number of nitrogens with one attached hydrogen (secondary N) is 2. The minimum absolute atomic E-state index is 0.163. The highest BCUT2D eigenvalue weighted by atomic mass is 19.1. The summed E-state index contributed by atoms with van der Waals surface area (Å²) in [6.07, 6.45) is 0. The summed E-state index contributed by atoms with van der Waals surface area (Å²) in [6.45, 7) is 8.97. The summed E-state index contributed by atoms with van der Waals surface area (Å²) in [5.74, 6) is 1.87. The van der Waals surface area contributed by atoms with Gasteiger partial charge in [-0.3, -0.25) is 0 Å². The van der Waals surface area contributed by atoms with Crippen molar-refractivity contribution >= 4 is 17.3 Å². The number of rotatable bonds is 4. The molecule has 5 heteroatoms. The maximum atomic E-state index is 13.3. The van der Waals surface area contributed by atoms with Gasteiger partial charge in [-0.15, -0.1) is 0 Å². The summed E-state index contributed by atoms with van der Waals surface area (Å²) in [5, 5.41) is 6.32. The van der Waals surface area contributed by atoms with E-state index in [-0.39, 0.29) is 11.2 Å². The maximum Gasteiger partial charge on any atom is 0.138 e. The van der Waals surface area contributed by atoms with Gasteiger partial charge in [-0.05, 0) is 25.1 Å². The van der Waals surface area contributed by atoms with E-state index in [9.17, 15) is 4.39 Å². The fourth-order valence-electron chi connectivity index (χ4n) is 1.83. The van der Waals surface area contributed by atoms with Crippen molar-refractivity contribution in [3.63, 3.8) is 0 Å². The standard InChI is InChI=1S/C16H21FN4/c1-5-18-13-10-14(21-15(20-13)16(2,3)4)19-12-8-6-7-11(17)9-12/h6-10H,5H2,1-4H3,(H2,18,19,20,21). The van der Waals surface area contributed by atoms with E-state index in [0.29, 0.717) is 11.5 Å². The topological polar surface area (TPSA) is 49.8 Å². The quantitative estimate of drug-likeness (QED) is 0.889. The van der Waals surface area contributed by atoms with Crippen molar-refractivity contribution in [1.29, 1.82) is 0 Å². The molecular formula is C16H21FN4. The smallest absolute Gasteiger partial charge is 0.138 e. The number of hydrogen-bond donors (Lipinski definition) is 2. The lowest BCUT2D eigenvalue weighted by Crippen LogP contribution is -2.18. The monoisotopic (exact) mass is 288 g/mol. The highest BCUT2D eigenvalue weighted by Gasteiger charge is 2.19. The van der Waals surface area contributed by atoms with Gasteiger partial charge in [0.15, 0.2) is 0 Å². The van der Waals surface area contributed by atoms with Crippen LogP contribution in [-0.4, -0.2) is 16.5 Å². The van der Waals surface area contributed by atoms with Gasteiger partial charge in [-0.2, -0.15) is 0 Å². The van der Waals surface area contributed by atoms with Crippen LogP contribution in [0.5, 0.6) is 0 Å². The molecule has 4 nitrogen and oxygen atoms in total. The largest absolute Gasteiger partial charge is 0.370 e. The molecule has 1 heterocycles. The summed E-state index contributed by atoms with van der Waals surface area (Å²) >= 11 is 0. The molecule has 2 aromatic rings. The Bertz CT molecular complexity index is 620. The lowest BCUT2D eigenvalue weighted by Gasteiger charge is -2.19. The lowest BCUT2D eigenvalue weighted by atomic mass is 9.96. The van der Waals surface area contributed by atoms with Crippen LogP contribution in [0.15, 0.2) is 30.3 Å². The van der Waals surface area contributed by atoms with E-state index in [4.69, 9.17) is 0 Å². The van der Waals surface area contributed by atoms with E-state index in [1.165, 1.54) is 12.1 Å². The van der Waals surface area contributed by atoms with Crippen molar-refractivity contribution in [3.8, 4) is 0 Å². The van der Waals surface area contributed by atoms with Crippen LogP contribution in [0.2, 0.25) is 0 Å². The molecular weight excluding hydrogens is 267 g/mol. The van der Waals surface area contributed by atoms with E-state index in [1.807, 2.05) is 13.0 Å². The zero-order chi connectivity index (χ0) is 15.5. The van der Waals surface area contributed by atoms with Gasteiger partial charge in [-0.25, -0.2) is 14.4 Å². The minimum Gasteiger partial charge on any atom is -0.370 e. The molecule has 0 atom stereocenters. The SMILES string of the molecule is CCNc1cc(Nc2cccc(F)c2)nc(C(C)(C)C)n1. The average Bonchev–Trinajstić information content (AvgIpc) is 2.37. The second kappa shape index (κ2) is 6.08. The van der Waals surface area contributed by atoms with Gasteiger partial charge in [0, 0.05) is 23.7 Å². The summed E-state index contributed by atoms with van der Waals surface area (Å²) in [5.41, 5.74) is 0.500. The van der Waals surface area contributed by atoms with E-state index >= 15 is 0 Å². The molecule has 2 N–H and O–H groups in total. The molecule has 1 aromatic heterocycles. The normalized spacial score (nSPS) is 11.3. The first kappa shape index (κ1) is 15.2. The van der Waals surface area contributed by atoms with Crippen LogP contribution in [0.3, 0.4) is 0 Å². The third-order valence-electron chi connectivity index (χ3n) is 2.85. The molecule has 0 saturated heterocycles. The highest BCUT2D eigenvalue weighted by molar-refractivity contribution is 5.59. The van der Waals surface area contributed by atoms with Gasteiger partial charge < -0.3 is 10.6 Å². The number of halogens is 1. The van der Waals surface area contributed by atoms with Gasteiger partial charge in [0.1, 0.15) is 23.3 Å². The first-order chi connectivity index (χ1) is 9.88. The van der Waals surface area contributed by atoms with Crippen LogP contribution in [0.4, 0.5) is 21.7 Å². The third-order valence-corrected chi connectivity index (χ3v) is 2.85. The van der Waals surface area contributed by atoms with Crippen LogP contribution >= 0.6 is 0 Å². The zero-order valence-corrected chi connectivity index (χ0v) is 12.9. The minimum atomic E-state index is -0.281. The van der Waals surface area contributed by atoms with Gasteiger partial charge in [0.05, 0.1) is 0 Å². The van der Waals surface area contributed by atoms with Crippen molar-refractivity contribution in [2.75, 3.05) is 17.2 Å². The van der Waals surface area contributed by atoms with E-state index in [1.54, 1.807) is 12.1 Å². The molecule has 0 aliphatic carbocycles. The van der Waals surface area contributed by atoms with Crippen LogP contribution in [0.1, 0.15) is 33.5 Å². The van der Waals surface area contributed by atoms with Gasteiger partial charge in [-0.1, -0.05) is 26.8 Å². The van der Waals surface area contributed by atoms with Crippen molar-refractivity contribution < 1.29 is 4.39 Å². The van der Waals surface area contributed by atoms with Gasteiger partial charge >= 0.3 is 0 Å². The van der Waals surface area contributed by atoms with E-state index < -0.39 is 0 Å². The number of aromatic nitrogens is 2. The molecule has 0 aliphatic rings. The molecule has 0 saturated carbocycles. The molecule has 112 valence electrons. The molecule has 0 amide bonds. The van der Waals surface area contributed by atoms with Crippen LogP contribution in [0, 0.1) is 5.82 Å².